The Hall–Kier alpha value is -3.72. The summed E-state index contributed by atoms with van der Waals surface area (Å²) in [7, 11) is 1.46. The van der Waals surface area contributed by atoms with Gasteiger partial charge in [-0.1, -0.05) is 57.6 Å². The number of methoxy groups -OCH3 is 1. The number of urea groups is 1. The molecule has 4 amide bonds. The van der Waals surface area contributed by atoms with Gasteiger partial charge in [-0.3, -0.25) is 14.9 Å². The van der Waals surface area contributed by atoms with Gasteiger partial charge in [-0.2, -0.15) is 0 Å². The van der Waals surface area contributed by atoms with Gasteiger partial charge in [-0.05, 0) is 55.7 Å². The van der Waals surface area contributed by atoms with Crippen molar-refractivity contribution in [3.63, 3.8) is 0 Å². The van der Waals surface area contributed by atoms with Gasteiger partial charge in [0.1, 0.15) is 5.57 Å². The highest BCUT2D eigenvalue weighted by Gasteiger charge is 2.37. The number of unbranched alkanes of at least 4 members (excludes halogenated alkanes) is 5. The van der Waals surface area contributed by atoms with Crippen LogP contribution in [0.2, 0.25) is 5.02 Å². The molecule has 0 radical (unpaired) electrons. The summed E-state index contributed by atoms with van der Waals surface area (Å²) in [5.74, 6) is 0.0410. The van der Waals surface area contributed by atoms with Gasteiger partial charge in [0.25, 0.3) is 11.8 Å². The summed E-state index contributed by atoms with van der Waals surface area (Å²) in [6.07, 6.45) is 8.95. The van der Waals surface area contributed by atoms with Crippen LogP contribution in [0.3, 0.4) is 0 Å². The van der Waals surface area contributed by atoms with Crippen molar-refractivity contribution in [3.05, 3.63) is 46.5 Å². The Bertz CT molecular complexity index is 1260. The third-order valence-corrected chi connectivity index (χ3v) is 6.64. The van der Waals surface area contributed by atoms with Crippen molar-refractivity contribution in [1.29, 1.82) is 0 Å². The van der Waals surface area contributed by atoms with E-state index in [0.717, 1.165) is 30.6 Å². The van der Waals surface area contributed by atoms with E-state index >= 15 is 0 Å². The second kappa shape index (κ2) is 15.9. The van der Waals surface area contributed by atoms with E-state index in [-0.39, 0.29) is 16.3 Å². The molecule has 0 unspecified atom stereocenters. The van der Waals surface area contributed by atoms with Crippen molar-refractivity contribution >= 4 is 41.2 Å². The van der Waals surface area contributed by atoms with Crippen LogP contribution >= 0.6 is 11.6 Å². The van der Waals surface area contributed by atoms with Crippen molar-refractivity contribution in [1.82, 2.24) is 5.32 Å². The zero-order chi connectivity index (χ0) is 29.8. The lowest BCUT2D eigenvalue weighted by Crippen LogP contribution is -2.54. The largest absolute Gasteiger partial charge is 0.493 e. The minimum atomic E-state index is -0.868. The third kappa shape index (κ3) is 8.39. The lowest BCUT2D eigenvalue weighted by Gasteiger charge is -2.27. The van der Waals surface area contributed by atoms with Crippen LogP contribution in [0.15, 0.2) is 35.9 Å². The number of barbiturate groups is 1. The molecular formula is C31H39ClN2O7. The molecule has 10 heteroatoms. The second-order valence-electron chi connectivity index (χ2n) is 9.52. The summed E-state index contributed by atoms with van der Waals surface area (Å²) in [4.78, 5) is 39.8. The lowest BCUT2D eigenvalue weighted by atomic mass is 10.1. The molecule has 0 atom stereocenters. The Balaban J connectivity index is 1.85. The summed E-state index contributed by atoms with van der Waals surface area (Å²) < 4.78 is 22.8. The van der Waals surface area contributed by atoms with Crippen molar-refractivity contribution in [2.75, 3.05) is 31.8 Å². The summed E-state index contributed by atoms with van der Waals surface area (Å²) in [6.45, 7) is 7.35. The molecule has 222 valence electrons. The molecule has 0 saturated carbocycles. The standard InChI is InChI=1S/C31H39ClN2O7/c1-5-8-9-10-11-12-16-41-28-24(32)18-21(19-27(28)39-7-3)17-23-29(35)33-31(37)34(30(23)36)22-13-14-25(40-15-6-2)26(20-22)38-4/h13-14,17-20H,5-12,15-16H2,1-4H3,(H,33,35,37)/b23-17-. The van der Waals surface area contributed by atoms with Gasteiger partial charge in [0, 0.05) is 6.07 Å². The highest BCUT2D eigenvalue weighted by atomic mass is 35.5. The van der Waals surface area contributed by atoms with E-state index in [1.807, 2.05) is 13.8 Å². The smallest absolute Gasteiger partial charge is 0.335 e. The van der Waals surface area contributed by atoms with E-state index in [4.69, 9.17) is 30.5 Å². The fourth-order valence-corrected chi connectivity index (χ4v) is 4.59. The maximum atomic E-state index is 13.5. The SMILES string of the molecule is CCCCCCCCOc1c(Cl)cc(/C=C2/C(=O)NC(=O)N(c3ccc(OCCC)c(OC)c3)C2=O)cc1OCC. The number of halogens is 1. The van der Waals surface area contributed by atoms with E-state index < -0.39 is 17.8 Å². The molecule has 0 aliphatic carbocycles. The Labute approximate surface area is 246 Å². The van der Waals surface area contributed by atoms with E-state index in [0.29, 0.717) is 48.4 Å². The van der Waals surface area contributed by atoms with E-state index in [1.54, 1.807) is 24.3 Å². The van der Waals surface area contributed by atoms with E-state index in [2.05, 4.69) is 12.2 Å². The van der Waals surface area contributed by atoms with Gasteiger partial charge in [0.05, 0.1) is 37.6 Å². The lowest BCUT2D eigenvalue weighted by molar-refractivity contribution is -0.122. The maximum absolute atomic E-state index is 13.5. The van der Waals surface area contributed by atoms with Gasteiger partial charge in [0.15, 0.2) is 23.0 Å². The van der Waals surface area contributed by atoms with Crippen LogP contribution < -0.4 is 29.2 Å². The van der Waals surface area contributed by atoms with E-state index in [9.17, 15) is 14.4 Å². The molecule has 41 heavy (non-hydrogen) atoms. The number of imide groups is 2. The normalized spacial score (nSPS) is 14.3. The zero-order valence-electron chi connectivity index (χ0n) is 24.2. The maximum Gasteiger partial charge on any atom is 0.335 e. The highest BCUT2D eigenvalue weighted by Crippen LogP contribution is 2.38. The van der Waals surface area contributed by atoms with Gasteiger partial charge in [0.2, 0.25) is 0 Å². The second-order valence-corrected chi connectivity index (χ2v) is 9.93. The summed E-state index contributed by atoms with van der Waals surface area (Å²) in [6, 6.07) is 7.06. The first kappa shape index (κ1) is 31.8. The number of carbonyl (C=O) groups excluding carboxylic acids is 3. The number of hydrogen-bond acceptors (Lipinski definition) is 7. The molecule has 1 aliphatic rings. The molecule has 0 aromatic heterocycles. The van der Waals surface area contributed by atoms with Crippen LogP contribution in [0.5, 0.6) is 23.0 Å². The van der Waals surface area contributed by atoms with Gasteiger partial charge < -0.3 is 18.9 Å². The summed E-state index contributed by atoms with van der Waals surface area (Å²) in [5.41, 5.74) is 0.422. The van der Waals surface area contributed by atoms with Crippen LogP contribution in [0, 0.1) is 0 Å². The fourth-order valence-electron chi connectivity index (χ4n) is 4.32. The molecule has 1 aliphatic heterocycles. The molecule has 3 rings (SSSR count). The number of carbonyl (C=O) groups is 3. The fraction of sp³-hybridized carbons (Fsp3) is 0.452. The zero-order valence-corrected chi connectivity index (χ0v) is 25.0. The van der Waals surface area contributed by atoms with Crippen LogP contribution in [0.4, 0.5) is 10.5 Å². The minimum Gasteiger partial charge on any atom is -0.493 e. The monoisotopic (exact) mass is 586 g/mol. The predicted molar refractivity (Wildman–Crippen MR) is 159 cm³/mol. The van der Waals surface area contributed by atoms with Gasteiger partial charge in [-0.15, -0.1) is 0 Å². The Morgan fingerprint density at radius 3 is 2.29 bits per heavy atom. The topological polar surface area (TPSA) is 103 Å². The molecule has 1 fully saturated rings. The molecule has 2 aromatic rings. The molecule has 2 aromatic carbocycles. The number of hydrogen-bond donors (Lipinski definition) is 1. The third-order valence-electron chi connectivity index (χ3n) is 6.36. The van der Waals surface area contributed by atoms with Crippen LogP contribution in [0.1, 0.15) is 71.3 Å². The van der Waals surface area contributed by atoms with Gasteiger partial charge >= 0.3 is 6.03 Å². The van der Waals surface area contributed by atoms with Crippen LogP contribution in [-0.4, -0.2) is 44.8 Å². The molecule has 0 bridgehead atoms. The van der Waals surface area contributed by atoms with Crippen LogP contribution in [-0.2, 0) is 9.59 Å². The van der Waals surface area contributed by atoms with Crippen molar-refractivity contribution in [3.8, 4) is 23.0 Å². The van der Waals surface area contributed by atoms with Gasteiger partial charge in [-0.25, -0.2) is 9.69 Å². The number of nitrogens with zero attached hydrogens (tertiary/aromatic N) is 1. The number of amides is 4. The quantitative estimate of drug-likeness (QED) is 0.129. The average Bonchev–Trinajstić information content (AvgIpc) is 2.95. The summed E-state index contributed by atoms with van der Waals surface area (Å²) in [5, 5.41) is 2.52. The summed E-state index contributed by atoms with van der Waals surface area (Å²) >= 11 is 6.56. The Morgan fingerprint density at radius 2 is 1.59 bits per heavy atom. The molecule has 1 N–H and O–H groups in total. The first-order valence-electron chi connectivity index (χ1n) is 14.2. The first-order valence-corrected chi connectivity index (χ1v) is 14.5. The first-order chi connectivity index (χ1) is 19.8. The predicted octanol–water partition coefficient (Wildman–Crippen LogP) is 6.94. The number of anilines is 1. The number of rotatable bonds is 16. The van der Waals surface area contributed by atoms with Crippen molar-refractivity contribution in [2.24, 2.45) is 0 Å². The molecule has 1 heterocycles. The minimum absolute atomic E-state index is 0.220. The molecular weight excluding hydrogens is 548 g/mol. The van der Waals surface area contributed by atoms with Crippen molar-refractivity contribution in [2.45, 2.75) is 65.7 Å². The number of nitrogens with one attached hydrogen (secondary N) is 1. The Morgan fingerprint density at radius 1 is 0.829 bits per heavy atom. The molecule has 9 nitrogen and oxygen atoms in total. The molecule has 1 saturated heterocycles. The highest BCUT2D eigenvalue weighted by molar-refractivity contribution is 6.39. The van der Waals surface area contributed by atoms with E-state index in [1.165, 1.54) is 38.5 Å². The average molecular weight is 587 g/mol. The van der Waals surface area contributed by atoms with Crippen molar-refractivity contribution < 1.29 is 33.3 Å². The number of benzene rings is 2. The Kier molecular flexibility index (Phi) is 12.3. The van der Waals surface area contributed by atoms with Crippen LogP contribution in [0.25, 0.3) is 6.08 Å². The number of ether oxygens (including phenoxy) is 4. The molecule has 0 spiro atoms.